The summed E-state index contributed by atoms with van der Waals surface area (Å²) >= 11 is 5.82. The molecule has 1 aromatic rings. The molecule has 0 saturated carbocycles. The molecule has 0 saturated heterocycles. The van der Waals surface area contributed by atoms with Crippen molar-refractivity contribution in [2.45, 2.75) is 24.8 Å². The molecular formula is C12H16ClN3O2S. The average molecular weight is 302 g/mol. The van der Waals surface area contributed by atoms with Gasteiger partial charge in [-0.25, -0.2) is 13.1 Å². The topological polar surface area (TPSA) is 82.0 Å². The van der Waals surface area contributed by atoms with E-state index in [1.54, 1.807) is 0 Å². The molecule has 0 unspecified atom stereocenters. The third-order valence-electron chi connectivity index (χ3n) is 2.50. The molecule has 0 heterocycles. The van der Waals surface area contributed by atoms with Crippen LogP contribution >= 0.6 is 11.6 Å². The highest BCUT2D eigenvalue weighted by atomic mass is 35.5. The summed E-state index contributed by atoms with van der Waals surface area (Å²) < 4.78 is 26.5. The van der Waals surface area contributed by atoms with Gasteiger partial charge in [0, 0.05) is 12.6 Å². The minimum atomic E-state index is -3.60. The van der Waals surface area contributed by atoms with Crippen LogP contribution in [0, 0.1) is 11.3 Å². The first kappa shape index (κ1) is 15.9. The van der Waals surface area contributed by atoms with Gasteiger partial charge in [-0.05, 0) is 31.7 Å². The number of benzene rings is 1. The monoisotopic (exact) mass is 301 g/mol. The Labute approximate surface area is 118 Å². The third kappa shape index (κ3) is 4.48. The molecule has 0 fully saturated rings. The lowest BCUT2D eigenvalue weighted by Gasteiger charge is -2.13. The highest BCUT2D eigenvalue weighted by Crippen LogP contribution is 2.19. The number of rotatable bonds is 6. The van der Waals surface area contributed by atoms with Gasteiger partial charge in [0.05, 0.1) is 15.5 Å². The Morgan fingerprint density at radius 2 is 2.16 bits per heavy atom. The Kier molecular flexibility index (Phi) is 5.76. The van der Waals surface area contributed by atoms with E-state index in [0.29, 0.717) is 0 Å². The van der Waals surface area contributed by atoms with Gasteiger partial charge < -0.3 is 5.32 Å². The smallest absolute Gasteiger partial charge is 0.240 e. The van der Waals surface area contributed by atoms with Crippen molar-refractivity contribution in [2.24, 2.45) is 0 Å². The number of halogens is 1. The summed E-state index contributed by atoms with van der Waals surface area (Å²) in [4.78, 5) is 0.0557. The molecule has 0 aromatic heterocycles. The zero-order chi connectivity index (χ0) is 14.5. The number of nitrogens with one attached hydrogen (secondary N) is 2. The van der Waals surface area contributed by atoms with Crippen LogP contribution in [0.4, 0.5) is 0 Å². The summed E-state index contributed by atoms with van der Waals surface area (Å²) in [5, 5.41) is 12.0. The molecule has 1 rings (SSSR count). The largest absolute Gasteiger partial charge is 0.313 e. The zero-order valence-electron chi connectivity index (χ0n) is 10.8. The lowest BCUT2D eigenvalue weighted by atomic mass is 10.2. The SMILES string of the molecule is CCN[C@H](C)CNS(=O)(=O)c1ccc(C#N)c(Cl)c1. The van der Waals surface area contributed by atoms with Crippen LogP contribution in [0.2, 0.25) is 5.02 Å². The first-order valence-corrected chi connectivity index (χ1v) is 7.69. The fourth-order valence-electron chi connectivity index (χ4n) is 1.49. The lowest BCUT2D eigenvalue weighted by Crippen LogP contribution is -2.38. The van der Waals surface area contributed by atoms with Crippen molar-refractivity contribution < 1.29 is 8.42 Å². The van der Waals surface area contributed by atoms with Gasteiger partial charge in [0.15, 0.2) is 0 Å². The lowest BCUT2D eigenvalue weighted by molar-refractivity contribution is 0.536. The second-order valence-electron chi connectivity index (χ2n) is 4.06. The van der Waals surface area contributed by atoms with Gasteiger partial charge in [-0.2, -0.15) is 5.26 Å². The molecule has 19 heavy (non-hydrogen) atoms. The standard InChI is InChI=1S/C12H16ClN3O2S/c1-3-15-9(2)8-16-19(17,18)11-5-4-10(7-14)12(13)6-11/h4-6,9,15-16H,3,8H2,1-2H3/t9-/m1/s1. The second kappa shape index (κ2) is 6.87. The molecule has 0 aliphatic carbocycles. The first-order chi connectivity index (χ1) is 8.90. The zero-order valence-corrected chi connectivity index (χ0v) is 12.3. The van der Waals surface area contributed by atoms with E-state index in [2.05, 4.69) is 10.0 Å². The van der Waals surface area contributed by atoms with Crippen molar-refractivity contribution in [3.63, 3.8) is 0 Å². The van der Waals surface area contributed by atoms with Gasteiger partial charge in [-0.15, -0.1) is 0 Å². The van der Waals surface area contributed by atoms with Crippen molar-refractivity contribution in [1.82, 2.24) is 10.0 Å². The summed E-state index contributed by atoms with van der Waals surface area (Å²) in [7, 11) is -3.60. The maximum absolute atomic E-state index is 12.0. The van der Waals surface area contributed by atoms with Crippen molar-refractivity contribution in [3.8, 4) is 6.07 Å². The number of hydrogen-bond donors (Lipinski definition) is 2. The fourth-order valence-corrected chi connectivity index (χ4v) is 2.94. The summed E-state index contributed by atoms with van der Waals surface area (Å²) in [5.41, 5.74) is 0.252. The van der Waals surface area contributed by atoms with Gasteiger partial charge >= 0.3 is 0 Å². The van der Waals surface area contributed by atoms with Crippen LogP contribution in [0.25, 0.3) is 0 Å². The van der Waals surface area contributed by atoms with Crippen LogP contribution in [-0.2, 0) is 10.0 Å². The third-order valence-corrected chi connectivity index (χ3v) is 4.24. The summed E-state index contributed by atoms with van der Waals surface area (Å²) in [6, 6.07) is 5.96. The molecule has 5 nitrogen and oxygen atoms in total. The maximum atomic E-state index is 12.0. The minimum Gasteiger partial charge on any atom is -0.313 e. The van der Waals surface area contributed by atoms with E-state index < -0.39 is 10.0 Å². The molecule has 0 amide bonds. The molecule has 1 aromatic carbocycles. The van der Waals surface area contributed by atoms with Crippen LogP contribution in [-0.4, -0.2) is 27.5 Å². The van der Waals surface area contributed by atoms with E-state index in [-0.39, 0.29) is 28.1 Å². The fraction of sp³-hybridized carbons (Fsp3) is 0.417. The van der Waals surface area contributed by atoms with E-state index >= 15 is 0 Å². The van der Waals surface area contributed by atoms with E-state index in [9.17, 15) is 8.42 Å². The predicted molar refractivity (Wildman–Crippen MR) is 74.5 cm³/mol. The molecule has 0 aliphatic heterocycles. The summed E-state index contributed by atoms with van der Waals surface area (Å²) in [5.74, 6) is 0. The van der Waals surface area contributed by atoms with E-state index in [4.69, 9.17) is 16.9 Å². The highest BCUT2D eigenvalue weighted by molar-refractivity contribution is 7.89. The van der Waals surface area contributed by atoms with E-state index in [0.717, 1.165) is 6.54 Å². The Balaban J connectivity index is 2.84. The first-order valence-electron chi connectivity index (χ1n) is 5.83. The van der Waals surface area contributed by atoms with Gasteiger partial charge in [-0.1, -0.05) is 18.5 Å². The van der Waals surface area contributed by atoms with Gasteiger partial charge in [0.2, 0.25) is 10.0 Å². The summed E-state index contributed by atoms with van der Waals surface area (Å²) in [6.45, 7) is 4.89. The molecule has 1 atom stereocenters. The highest BCUT2D eigenvalue weighted by Gasteiger charge is 2.16. The Morgan fingerprint density at radius 3 is 2.68 bits per heavy atom. The van der Waals surface area contributed by atoms with Gasteiger partial charge in [0.1, 0.15) is 6.07 Å². The van der Waals surface area contributed by atoms with Gasteiger partial charge in [-0.3, -0.25) is 0 Å². The van der Waals surface area contributed by atoms with Crippen molar-refractivity contribution in [3.05, 3.63) is 28.8 Å². The van der Waals surface area contributed by atoms with Crippen LogP contribution in [0.3, 0.4) is 0 Å². The minimum absolute atomic E-state index is 0.0358. The molecule has 104 valence electrons. The van der Waals surface area contributed by atoms with Crippen molar-refractivity contribution in [1.29, 1.82) is 5.26 Å². The molecular weight excluding hydrogens is 286 g/mol. The van der Waals surface area contributed by atoms with Crippen LogP contribution < -0.4 is 10.0 Å². The van der Waals surface area contributed by atoms with Crippen molar-refractivity contribution in [2.75, 3.05) is 13.1 Å². The van der Waals surface area contributed by atoms with Crippen molar-refractivity contribution >= 4 is 21.6 Å². The average Bonchev–Trinajstić information content (AvgIpc) is 2.37. The van der Waals surface area contributed by atoms with Crippen LogP contribution in [0.15, 0.2) is 23.1 Å². The Morgan fingerprint density at radius 1 is 1.47 bits per heavy atom. The van der Waals surface area contributed by atoms with Crippen LogP contribution in [0.1, 0.15) is 19.4 Å². The number of nitrogens with zero attached hydrogens (tertiary/aromatic N) is 1. The molecule has 2 N–H and O–H groups in total. The number of likely N-dealkylation sites (N-methyl/N-ethyl adjacent to an activating group) is 1. The quantitative estimate of drug-likeness (QED) is 0.834. The van der Waals surface area contributed by atoms with Crippen LogP contribution in [0.5, 0.6) is 0 Å². The summed E-state index contributed by atoms with van der Waals surface area (Å²) in [6.07, 6.45) is 0. The van der Waals surface area contributed by atoms with E-state index in [1.165, 1.54) is 18.2 Å². The predicted octanol–water partition coefficient (Wildman–Crippen LogP) is 1.49. The number of hydrogen-bond acceptors (Lipinski definition) is 4. The number of sulfonamides is 1. The molecule has 0 bridgehead atoms. The Hall–Kier alpha value is -1.13. The normalized spacial score (nSPS) is 12.9. The molecule has 0 radical (unpaired) electrons. The molecule has 0 spiro atoms. The molecule has 0 aliphatic rings. The molecule has 7 heteroatoms. The number of nitriles is 1. The second-order valence-corrected chi connectivity index (χ2v) is 6.24. The van der Waals surface area contributed by atoms with Gasteiger partial charge in [0.25, 0.3) is 0 Å². The maximum Gasteiger partial charge on any atom is 0.240 e. The Bertz CT molecular complexity index is 581. The van der Waals surface area contributed by atoms with E-state index in [1.807, 2.05) is 19.9 Å².